The van der Waals surface area contributed by atoms with Gasteiger partial charge in [-0.15, -0.1) is 0 Å². The predicted molar refractivity (Wildman–Crippen MR) is 75.8 cm³/mol. The molecule has 0 aromatic carbocycles. The van der Waals surface area contributed by atoms with E-state index in [1.807, 2.05) is 26.0 Å². The molecule has 0 fully saturated rings. The van der Waals surface area contributed by atoms with E-state index in [0.29, 0.717) is 12.0 Å². The third kappa shape index (κ3) is 3.21. The first kappa shape index (κ1) is 13.3. The maximum atomic E-state index is 6.06. The van der Waals surface area contributed by atoms with Crippen LogP contribution in [0, 0.1) is 18.8 Å². The average molecular weight is 273 g/mol. The zero-order chi connectivity index (χ0) is 13.8. The van der Waals surface area contributed by atoms with Crippen LogP contribution >= 0.6 is 11.6 Å². The number of hydrogen-bond acceptors (Lipinski definition) is 4. The molecule has 0 spiro atoms. The van der Waals surface area contributed by atoms with Crippen LogP contribution in [-0.4, -0.2) is 15.0 Å². The van der Waals surface area contributed by atoms with Gasteiger partial charge in [0.2, 0.25) is 5.95 Å². The first-order valence-corrected chi connectivity index (χ1v) is 6.24. The van der Waals surface area contributed by atoms with Crippen molar-refractivity contribution in [3.8, 4) is 11.8 Å². The van der Waals surface area contributed by atoms with Crippen LogP contribution in [0.2, 0.25) is 5.15 Å². The quantitative estimate of drug-likeness (QED) is 0.639. The molecule has 0 amide bonds. The number of aromatic nitrogens is 3. The van der Waals surface area contributed by atoms with E-state index in [1.165, 1.54) is 0 Å². The van der Waals surface area contributed by atoms with Crippen LogP contribution in [0.15, 0.2) is 18.3 Å². The minimum absolute atomic E-state index is 0.171. The van der Waals surface area contributed by atoms with Gasteiger partial charge in [0.1, 0.15) is 0 Å². The number of nitrogens with two attached hydrogens (primary N) is 1. The molecule has 0 unspecified atom stereocenters. The van der Waals surface area contributed by atoms with E-state index in [2.05, 4.69) is 26.8 Å². The maximum absolute atomic E-state index is 6.06. The van der Waals surface area contributed by atoms with Gasteiger partial charge in [-0.05, 0) is 25.5 Å². The summed E-state index contributed by atoms with van der Waals surface area (Å²) in [7, 11) is 0. The van der Waals surface area contributed by atoms with E-state index in [9.17, 15) is 0 Å². The number of nitrogens with zero attached hydrogens (tertiary/aromatic N) is 3. The summed E-state index contributed by atoms with van der Waals surface area (Å²) in [5.74, 6) is 6.17. The molecule has 96 valence electrons. The highest BCUT2D eigenvalue weighted by atomic mass is 35.5. The van der Waals surface area contributed by atoms with E-state index in [0.717, 1.165) is 17.0 Å². The molecule has 0 atom stereocenters. The van der Waals surface area contributed by atoms with Crippen molar-refractivity contribution in [3.63, 3.8) is 0 Å². The van der Waals surface area contributed by atoms with Crippen molar-refractivity contribution in [1.29, 1.82) is 0 Å². The van der Waals surface area contributed by atoms with Crippen molar-refractivity contribution in [2.75, 3.05) is 5.73 Å². The Bertz CT molecular complexity index is 654. The van der Waals surface area contributed by atoms with Crippen LogP contribution in [0.25, 0.3) is 0 Å². The maximum Gasteiger partial charge on any atom is 0.221 e. The largest absolute Gasteiger partial charge is 0.368 e. The zero-order valence-electron chi connectivity index (χ0n) is 10.7. The standard InChI is InChI=1S/C14H13ClN4/c1-3-12-11(13(15)19-14(16)18-12)7-6-10-5-4-9(2)17-8-10/h4-5,8H,3H2,1-2H3,(H2,16,18,19). The summed E-state index contributed by atoms with van der Waals surface area (Å²) in [6, 6.07) is 3.82. The van der Waals surface area contributed by atoms with Crippen LogP contribution in [-0.2, 0) is 6.42 Å². The molecule has 0 aliphatic rings. The Morgan fingerprint density at radius 3 is 2.68 bits per heavy atom. The van der Waals surface area contributed by atoms with Crippen molar-refractivity contribution < 1.29 is 0 Å². The molecule has 0 aliphatic heterocycles. The van der Waals surface area contributed by atoms with Gasteiger partial charge in [0.25, 0.3) is 0 Å². The summed E-state index contributed by atoms with van der Waals surface area (Å²) >= 11 is 6.06. The first-order chi connectivity index (χ1) is 9.10. The summed E-state index contributed by atoms with van der Waals surface area (Å²) in [4.78, 5) is 12.2. The number of rotatable bonds is 1. The van der Waals surface area contributed by atoms with Crippen LogP contribution < -0.4 is 5.73 Å². The van der Waals surface area contributed by atoms with Crippen LogP contribution in [0.5, 0.6) is 0 Å². The van der Waals surface area contributed by atoms with Gasteiger partial charge in [0.05, 0.1) is 11.3 Å². The molecule has 2 rings (SSSR count). The summed E-state index contributed by atoms with van der Waals surface area (Å²) in [5.41, 5.74) is 8.71. The van der Waals surface area contributed by atoms with Gasteiger partial charge < -0.3 is 5.73 Å². The zero-order valence-corrected chi connectivity index (χ0v) is 11.5. The number of aryl methyl sites for hydroxylation is 2. The molecular formula is C14H13ClN4. The fourth-order valence-electron chi connectivity index (χ4n) is 1.55. The fourth-order valence-corrected chi connectivity index (χ4v) is 1.79. The normalized spacial score (nSPS) is 9.84. The highest BCUT2D eigenvalue weighted by Gasteiger charge is 2.08. The SMILES string of the molecule is CCc1nc(N)nc(Cl)c1C#Cc1ccc(C)nc1. The van der Waals surface area contributed by atoms with Crippen molar-refractivity contribution in [2.24, 2.45) is 0 Å². The topological polar surface area (TPSA) is 64.7 Å². The van der Waals surface area contributed by atoms with Gasteiger partial charge in [0.15, 0.2) is 5.15 Å². The molecule has 0 radical (unpaired) electrons. The van der Waals surface area contributed by atoms with Gasteiger partial charge >= 0.3 is 0 Å². The molecule has 0 saturated heterocycles. The number of hydrogen-bond donors (Lipinski definition) is 1. The lowest BCUT2D eigenvalue weighted by atomic mass is 10.1. The van der Waals surface area contributed by atoms with E-state index in [4.69, 9.17) is 17.3 Å². The van der Waals surface area contributed by atoms with Gasteiger partial charge in [-0.25, -0.2) is 4.98 Å². The molecule has 2 aromatic rings. The summed E-state index contributed by atoms with van der Waals surface area (Å²) in [6.07, 6.45) is 2.42. The lowest BCUT2D eigenvalue weighted by molar-refractivity contribution is 0.999. The van der Waals surface area contributed by atoms with Crippen molar-refractivity contribution in [1.82, 2.24) is 15.0 Å². The molecule has 4 nitrogen and oxygen atoms in total. The highest BCUT2D eigenvalue weighted by molar-refractivity contribution is 6.30. The Morgan fingerprint density at radius 1 is 1.26 bits per heavy atom. The summed E-state index contributed by atoms with van der Waals surface area (Å²) in [5, 5.41) is 0.289. The number of halogens is 1. The molecule has 0 bridgehead atoms. The van der Waals surface area contributed by atoms with E-state index in [-0.39, 0.29) is 11.1 Å². The molecule has 2 N–H and O–H groups in total. The molecule has 5 heteroatoms. The van der Waals surface area contributed by atoms with Gasteiger partial charge in [-0.2, -0.15) is 4.98 Å². The lowest BCUT2D eigenvalue weighted by Crippen LogP contribution is -2.02. The van der Waals surface area contributed by atoms with E-state index >= 15 is 0 Å². The van der Waals surface area contributed by atoms with Gasteiger partial charge in [-0.3, -0.25) is 4.98 Å². The Kier molecular flexibility index (Phi) is 3.98. The first-order valence-electron chi connectivity index (χ1n) is 5.86. The number of anilines is 1. The van der Waals surface area contributed by atoms with Gasteiger partial charge in [0, 0.05) is 17.5 Å². The second-order valence-corrected chi connectivity index (χ2v) is 4.34. The Morgan fingerprint density at radius 2 is 2.05 bits per heavy atom. The Balaban J connectivity index is 2.41. The molecular weight excluding hydrogens is 260 g/mol. The van der Waals surface area contributed by atoms with Crippen molar-refractivity contribution in [2.45, 2.75) is 20.3 Å². The molecule has 2 heterocycles. The third-order valence-electron chi connectivity index (χ3n) is 2.54. The van der Waals surface area contributed by atoms with E-state index in [1.54, 1.807) is 6.20 Å². The predicted octanol–water partition coefficient (Wildman–Crippen LogP) is 2.38. The fraction of sp³-hybridized carbons (Fsp3) is 0.214. The highest BCUT2D eigenvalue weighted by Crippen LogP contribution is 2.17. The van der Waals surface area contributed by atoms with E-state index < -0.39 is 0 Å². The van der Waals surface area contributed by atoms with Crippen molar-refractivity contribution >= 4 is 17.5 Å². The monoisotopic (exact) mass is 272 g/mol. The Hall–Kier alpha value is -2.12. The Labute approximate surface area is 117 Å². The minimum Gasteiger partial charge on any atom is -0.368 e. The van der Waals surface area contributed by atoms with Gasteiger partial charge in [-0.1, -0.05) is 30.4 Å². The minimum atomic E-state index is 0.171. The van der Waals surface area contributed by atoms with Crippen LogP contribution in [0.4, 0.5) is 5.95 Å². The number of pyridine rings is 1. The molecule has 0 saturated carbocycles. The summed E-state index contributed by atoms with van der Waals surface area (Å²) < 4.78 is 0. The lowest BCUT2D eigenvalue weighted by Gasteiger charge is -2.03. The third-order valence-corrected chi connectivity index (χ3v) is 2.81. The second-order valence-electron chi connectivity index (χ2n) is 3.99. The summed E-state index contributed by atoms with van der Waals surface area (Å²) in [6.45, 7) is 3.90. The number of nitrogen functional groups attached to an aromatic ring is 1. The van der Waals surface area contributed by atoms with Crippen molar-refractivity contribution in [3.05, 3.63) is 46.0 Å². The van der Waals surface area contributed by atoms with Crippen LogP contribution in [0.1, 0.15) is 29.4 Å². The molecule has 2 aromatic heterocycles. The van der Waals surface area contributed by atoms with Crippen LogP contribution in [0.3, 0.4) is 0 Å². The molecule has 19 heavy (non-hydrogen) atoms. The average Bonchev–Trinajstić information content (AvgIpc) is 2.39. The smallest absolute Gasteiger partial charge is 0.221 e. The molecule has 0 aliphatic carbocycles. The second kappa shape index (κ2) is 5.68.